The summed E-state index contributed by atoms with van der Waals surface area (Å²) in [5.74, 6) is -0.969. The zero-order chi connectivity index (χ0) is 13.4. The average molecular weight is 231 g/mol. The molecule has 1 rings (SSSR count). The molecule has 1 aromatic carbocycles. The van der Waals surface area contributed by atoms with Crippen molar-refractivity contribution in [1.29, 1.82) is 5.26 Å². The Hall–Kier alpha value is -1.82. The highest BCUT2D eigenvalue weighted by molar-refractivity contribution is 5.92. The minimum Gasteiger partial charge on any atom is -0.478 e. The predicted molar refractivity (Wildman–Crippen MR) is 66.3 cm³/mol. The molecular formula is C14H17NO2. The lowest BCUT2D eigenvalue weighted by molar-refractivity contribution is 0.0693. The van der Waals surface area contributed by atoms with E-state index in [1.807, 2.05) is 19.9 Å². The Morgan fingerprint density at radius 3 is 2.24 bits per heavy atom. The van der Waals surface area contributed by atoms with Crippen LogP contribution in [0.15, 0.2) is 6.07 Å². The number of aromatic carboxylic acids is 1. The number of benzene rings is 1. The van der Waals surface area contributed by atoms with Crippen molar-refractivity contribution in [2.75, 3.05) is 0 Å². The van der Waals surface area contributed by atoms with E-state index in [4.69, 9.17) is 0 Å². The van der Waals surface area contributed by atoms with Crippen molar-refractivity contribution in [3.8, 4) is 6.07 Å². The van der Waals surface area contributed by atoms with Gasteiger partial charge in [0.25, 0.3) is 0 Å². The summed E-state index contributed by atoms with van der Waals surface area (Å²) in [6.45, 7) is 9.08. The van der Waals surface area contributed by atoms with E-state index in [1.54, 1.807) is 20.8 Å². The predicted octanol–water partition coefficient (Wildman–Crippen LogP) is 3.11. The molecule has 0 bridgehead atoms. The Morgan fingerprint density at radius 1 is 1.29 bits per heavy atom. The lowest BCUT2D eigenvalue weighted by Crippen LogP contribution is -2.22. The fourth-order valence-electron chi connectivity index (χ4n) is 2.20. The maximum atomic E-state index is 11.4. The first kappa shape index (κ1) is 13.2. The summed E-state index contributed by atoms with van der Waals surface area (Å²) >= 11 is 0. The molecule has 0 aliphatic heterocycles. The molecule has 90 valence electrons. The quantitative estimate of drug-likeness (QED) is 0.850. The van der Waals surface area contributed by atoms with Gasteiger partial charge in [-0.05, 0) is 56.9 Å². The first-order valence-corrected chi connectivity index (χ1v) is 5.48. The third-order valence-corrected chi connectivity index (χ3v) is 3.16. The van der Waals surface area contributed by atoms with Crippen LogP contribution < -0.4 is 0 Å². The van der Waals surface area contributed by atoms with Crippen LogP contribution in [0.4, 0.5) is 0 Å². The topological polar surface area (TPSA) is 61.1 Å². The second-order valence-corrected chi connectivity index (χ2v) is 4.93. The third kappa shape index (κ3) is 2.16. The third-order valence-electron chi connectivity index (χ3n) is 3.16. The van der Waals surface area contributed by atoms with Crippen molar-refractivity contribution in [3.63, 3.8) is 0 Å². The number of carboxylic acid groups (broad SMARTS) is 1. The van der Waals surface area contributed by atoms with E-state index < -0.39 is 11.4 Å². The molecule has 0 aliphatic rings. The Balaban J connectivity index is 3.79. The van der Waals surface area contributed by atoms with Crippen LogP contribution in [0.5, 0.6) is 0 Å². The highest BCUT2D eigenvalue weighted by Gasteiger charge is 2.29. The molecule has 0 radical (unpaired) electrons. The van der Waals surface area contributed by atoms with Crippen molar-refractivity contribution < 1.29 is 9.90 Å². The van der Waals surface area contributed by atoms with E-state index in [0.29, 0.717) is 11.1 Å². The number of hydrogen-bond donors (Lipinski definition) is 1. The van der Waals surface area contributed by atoms with E-state index >= 15 is 0 Å². The molecule has 0 atom stereocenters. The van der Waals surface area contributed by atoms with Crippen LogP contribution >= 0.6 is 0 Å². The van der Waals surface area contributed by atoms with Crippen LogP contribution in [0.25, 0.3) is 0 Å². The Kier molecular flexibility index (Phi) is 3.28. The zero-order valence-electron chi connectivity index (χ0n) is 10.9. The summed E-state index contributed by atoms with van der Waals surface area (Å²) in [6, 6.07) is 4.04. The minimum absolute atomic E-state index is 0.264. The average Bonchev–Trinajstić information content (AvgIpc) is 2.22. The van der Waals surface area contributed by atoms with Gasteiger partial charge in [-0.15, -0.1) is 0 Å². The number of carbonyl (C=O) groups is 1. The fourth-order valence-corrected chi connectivity index (χ4v) is 2.20. The van der Waals surface area contributed by atoms with Crippen molar-refractivity contribution in [1.82, 2.24) is 0 Å². The summed E-state index contributed by atoms with van der Waals surface area (Å²) < 4.78 is 0. The van der Waals surface area contributed by atoms with Gasteiger partial charge in [0.2, 0.25) is 0 Å². The maximum absolute atomic E-state index is 11.4. The fraction of sp³-hybridized carbons (Fsp3) is 0.429. The van der Waals surface area contributed by atoms with Gasteiger partial charge in [0, 0.05) is 0 Å². The highest BCUT2D eigenvalue weighted by atomic mass is 16.4. The van der Waals surface area contributed by atoms with Crippen LogP contribution in [-0.4, -0.2) is 11.1 Å². The molecule has 0 spiro atoms. The summed E-state index contributed by atoms with van der Waals surface area (Å²) in [7, 11) is 0. The van der Waals surface area contributed by atoms with Gasteiger partial charge in [0.05, 0.1) is 17.0 Å². The standard InChI is InChI=1S/C14H17NO2/c1-8-6-9(2)11(13(16)17)12(10(8)3)14(4,5)7-15/h6H,1-5H3,(H,16,17). The van der Waals surface area contributed by atoms with Gasteiger partial charge >= 0.3 is 5.97 Å². The highest BCUT2D eigenvalue weighted by Crippen LogP contribution is 2.32. The maximum Gasteiger partial charge on any atom is 0.336 e. The van der Waals surface area contributed by atoms with Gasteiger partial charge in [-0.3, -0.25) is 0 Å². The van der Waals surface area contributed by atoms with Crippen molar-refractivity contribution >= 4 is 5.97 Å². The lowest BCUT2D eigenvalue weighted by Gasteiger charge is -2.24. The SMILES string of the molecule is Cc1cc(C)c(C(=O)O)c(C(C)(C)C#N)c1C. The molecule has 17 heavy (non-hydrogen) atoms. The second-order valence-electron chi connectivity index (χ2n) is 4.93. The molecule has 0 saturated carbocycles. The summed E-state index contributed by atoms with van der Waals surface area (Å²) in [4.78, 5) is 11.4. The van der Waals surface area contributed by atoms with Gasteiger partial charge in [0.15, 0.2) is 0 Å². The molecule has 3 nitrogen and oxygen atoms in total. The molecule has 1 N–H and O–H groups in total. The summed E-state index contributed by atoms with van der Waals surface area (Å²) in [6.07, 6.45) is 0. The van der Waals surface area contributed by atoms with Crippen LogP contribution in [0, 0.1) is 32.1 Å². The van der Waals surface area contributed by atoms with E-state index in [9.17, 15) is 15.2 Å². The Bertz CT molecular complexity index is 522. The molecule has 0 aliphatic carbocycles. The smallest absolute Gasteiger partial charge is 0.336 e. The van der Waals surface area contributed by atoms with Crippen molar-refractivity contribution in [2.45, 2.75) is 40.0 Å². The van der Waals surface area contributed by atoms with E-state index in [-0.39, 0.29) is 5.56 Å². The summed E-state index contributed by atoms with van der Waals surface area (Å²) in [5.41, 5.74) is 2.71. The Morgan fingerprint density at radius 2 is 1.82 bits per heavy atom. The molecule has 0 amide bonds. The molecule has 3 heteroatoms. The first-order valence-electron chi connectivity index (χ1n) is 5.48. The van der Waals surface area contributed by atoms with Gasteiger partial charge < -0.3 is 5.11 Å². The molecule has 0 saturated heterocycles. The van der Waals surface area contributed by atoms with Crippen LogP contribution in [0.1, 0.15) is 46.5 Å². The number of nitrogens with zero attached hydrogens (tertiary/aromatic N) is 1. The van der Waals surface area contributed by atoms with E-state index in [1.165, 1.54) is 0 Å². The first-order chi connectivity index (χ1) is 7.72. The number of nitriles is 1. The normalized spacial score (nSPS) is 11.1. The number of carboxylic acids is 1. The van der Waals surface area contributed by atoms with E-state index in [2.05, 4.69) is 6.07 Å². The lowest BCUT2D eigenvalue weighted by atomic mass is 9.77. The molecule has 0 aromatic heterocycles. The molecule has 0 unspecified atom stereocenters. The number of hydrogen-bond acceptors (Lipinski definition) is 2. The second kappa shape index (κ2) is 4.21. The largest absolute Gasteiger partial charge is 0.478 e. The van der Waals surface area contributed by atoms with Crippen LogP contribution in [0.2, 0.25) is 0 Å². The van der Waals surface area contributed by atoms with Crippen LogP contribution in [-0.2, 0) is 5.41 Å². The van der Waals surface area contributed by atoms with E-state index in [0.717, 1.165) is 11.1 Å². The molecule has 0 heterocycles. The van der Waals surface area contributed by atoms with Gasteiger partial charge in [-0.1, -0.05) is 6.07 Å². The van der Waals surface area contributed by atoms with Crippen molar-refractivity contribution in [2.24, 2.45) is 0 Å². The molecule has 0 fully saturated rings. The monoisotopic (exact) mass is 231 g/mol. The van der Waals surface area contributed by atoms with Gasteiger partial charge in [-0.25, -0.2) is 4.79 Å². The number of aryl methyl sites for hydroxylation is 2. The molecular weight excluding hydrogens is 214 g/mol. The number of rotatable bonds is 2. The van der Waals surface area contributed by atoms with Crippen molar-refractivity contribution in [3.05, 3.63) is 33.9 Å². The zero-order valence-corrected chi connectivity index (χ0v) is 10.9. The summed E-state index contributed by atoms with van der Waals surface area (Å²) in [5, 5.41) is 18.5. The van der Waals surface area contributed by atoms with Gasteiger partial charge in [0.1, 0.15) is 0 Å². The van der Waals surface area contributed by atoms with Gasteiger partial charge in [-0.2, -0.15) is 5.26 Å². The Labute approximate surface area is 102 Å². The van der Waals surface area contributed by atoms with Crippen LogP contribution in [0.3, 0.4) is 0 Å². The molecule has 1 aromatic rings. The minimum atomic E-state index is -0.969.